The lowest BCUT2D eigenvalue weighted by atomic mass is 10.0. The number of rotatable bonds is 3. The number of benzene rings is 1. The summed E-state index contributed by atoms with van der Waals surface area (Å²) in [4.78, 5) is 22.7. The molecule has 2 heterocycles. The summed E-state index contributed by atoms with van der Waals surface area (Å²) in [7, 11) is 0. The average Bonchev–Trinajstić information content (AvgIpc) is 2.91. The van der Waals surface area contributed by atoms with E-state index in [1.54, 1.807) is 19.9 Å². The normalized spacial score (nSPS) is 13.0. The molecule has 0 spiro atoms. The summed E-state index contributed by atoms with van der Waals surface area (Å²) in [6.07, 6.45) is -4.42. The second-order valence-corrected chi connectivity index (χ2v) is 7.41. The van der Waals surface area contributed by atoms with Gasteiger partial charge >= 0.3 is 6.18 Å². The highest BCUT2D eigenvalue weighted by Gasteiger charge is 2.31. The minimum atomic E-state index is -4.42. The van der Waals surface area contributed by atoms with Gasteiger partial charge in [0.15, 0.2) is 0 Å². The maximum absolute atomic E-state index is 12.9. The molecule has 142 valence electrons. The number of hydrogen-bond donors (Lipinski definition) is 1. The zero-order valence-electron chi connectivity index (χ0n) is 15.2. The van der Waals surface area contributed by atoms with Gasteiger partial charge in [0.2, 0.25) is 0 Å². The fraction of sp³-hybridized carbons (Fsp3) is 0.316. The van der Waals surface area contributed by atoms with Crippen molar-refractivity contribution in [3.05, 3.63) is 57.4 Å². The van der Waals surface area contributed by atoms with Gasteiger partial charge in [-0.1, -0.05) is 12.1 Å². The fourth-order valence-electron chi connectivity index (χ4n) is 3.02. The monoisotopic (exact) mass is 393 g/mol. The molecule has 0 aliphatic rings. The molecule has 1 amide bonds. The number of nitrogens with one attached hydrogen (secondary N) is 1. The number of hydrogen-bond acceptors (Lipinski definition) is 4. The van der Waals surface area contributed by atoms with Crippen molar-refractivity contribution in [2.75, 3.05) is 0 Å². The van der Waals surface area contributed by atoms with Gasteiger partial charge in [0.25, 0.3) is 5.91 Å². The standard InChI is InChI=1S/C19H18F3N3OS/c1-9-15-11(3)23-12(4)25-18(15)27-16(9)17(26)24-10(2)13-6-5-7-14(8-13)19(20,21)22/h5-8,10H,1-4H3,(H,24,26). The lowest BCUT2D eigenvalue weighted by Gasteiger charge is -2.16. The Labute approximate surface area is 158 Å². The molecule has 1 N–H and O–H groups in total. The zero-order chi connectivity index (χ0) is 19.9. The third kappa shape index (κ3) is 3.80. The zero-order valence-corrected chi connectivity index (χ0v) is 16.0. The van der Waals surface area contributed by atoms with Gasteiger partial charge in [-0.05, 0) is 51.0 Å². The van der Waals surface area contributed by atoms with Gasteiger partial charge in [-0.2, -0.15) is 13.2 Å². The number of carbonyl (C=O) groups is 1. The highest BCUT2D eigenvalue weighted by molar-refractivity contribution is 7.20. The molecule has 1 unspecified atom stereocenters. The minimum absolute atomic E-state index is 0.336. The molecule has 4 nitrogen and oxygen atoms in total. The third-order valence-corrected chi connectivity index (χ3v) is 5.54. The van der Waals surface area contributed by atoms with Crippen LogP contribution in [-0.4, -0.2) is 15.9 Å². The van der Waals surface area contributed by atoms with E-state index >= 15 is 0 Å². The molecule has 0 saturated heterocycles. The van der Waals surface area contributed by atoms with Gasteiger partial charge in [0.1, 0.15) is 10.7 Å². The molecule has 1 aromatic carbocycles. The molecular formula is C19H18F3N3OS. The molecule has 0 aliphatic heterocycles. The van der Waals surface area contributed by atoms with Gasteiger partial charge < -0.3 is 5.32 Å². The Morgan fingerprint density at radius 1 is 1.19 bits per heavy atom. The van der Waals surface area contributed by atoms with Crippen LogP contribution in [0.15, 0.2) is 24.3 Å². The molecule has 27 heavy (non-hydrogen) atoms. The highest BCUT2D eigenvalue weighted by atomic mass is 32.1. The summed E-state index contributed by atoms with van der Waals surface area (Å²) in [6, 6.07) is 4.41. The first kappa shape index (κ1) is 19.3. The number of carbonyl (C=O) groups excluding carboxylic acids is 1. The number of aryl methyl sites for hydroxylation is 3. The number of alkyl halides is 3. The molecule has 3 aromatic rings. The summed E-state index contributed by atoms with van der Waals surface area (Å²) in [5.41, 5.74) is 1.24. The first-order chi connectivity index (χ1) is 12.6. The minimum Gasteiger partial charge on any atom is -0.345 e. The van der Waals surface area contributed by atoms with Crippen LogP contribution in [0.1, 0.15) is 50.8 Å². The number of aromatic nitrogens is 2. The Morgan fingerprint density at radius 3 is 2.56 bits per heavy atom. The summed E-state index contributed by atoms with van der Waals surface area (Å²) >= 11 is 1.26. The van der Waals surface area contributed by atoms with Crippen molar-refractivity contribution < 1.29 is 18.0 Å². The summed E-state index contributed by atoms with van der Waals surface area (Å²) in [5, 5.41) is 3.63. The van der Waals surface area contributed by atoms with Crippen LogP contribution in [-0.2, 0) is 6.18 Å². The van der Waals surface area contributed by atoms with Crippen LogP contribution < -0.4 is 5.32 Å². The quantitative estimate of drug-likeness (QED) is 0.671. The van der Waals surface area contributed by atoms with E-state index in [0.717, 1.165) is 33.6 Å². The molecular weight excluding hydrogens is 375 g/mol. The van der Waals surface area contributed by atoms with E-state index < -0.39 is 17.8 Å². The largest absolute Gasteiger partial charge is 0.416 e. The van der Waals surface area contributed by atoms with Gasteiger partial charge in [0.05, 0.1) is 16.5 Å². The fourth-order valence-corrected chi connectivity index (χ4v) is 4.20. The summed E-state index contributed by atoms with van der Waals surface area (Å²) in [6.45, 7) is 7.14. The van der Waals surface area contributed by atoms with Crippen molar-refractivity contribution in [3.63, 3.8) is 0 Å². The predicted octanol–water partition coefficient (Wildman–Crippen LogP) is 5.13. The number of thiophene rings is 1. The van der Waals surface area contributed by atoms with Crippen LogP contribution in [0, 0.1) is 20.8 Å². The molecule has 3 rings (SSSR count). The topological polar surface area (TPSA) is 54.9 Å². The van der Waals surface area contributed by atoms with E-state index in [2.05, 4.69) is 15.3 Å². The third-order valence-electron chi connectivity index (χ3n) is 4.35. The van der Waals surface area contributed by atoms with Crippen LogP contribution >= 0.6 is 11.3 Å². The van der Waals surface area contributed by atoms with Gasteiger partial charge in [-0.3, -0.25) is 4.79 Å². The van der Waals surface area contributed by atoms with E-state index in [-0.39, 0.29) is 5.91 Å². The molecule has 0 radical (unpaired) electrons. The van der Waals surface area contributed by atoms with E-state index in [1.807, 2.05) is 13.8 Å². The maximum Gasteiger partial charge on any atom is 0.416 e. The molecule has 8 heteroatoms. The first-order valence-corrected chi connectivity index (χ1v) is 9.12. The predicted molar refractivity (Wildman–Crippen MR) is 99.0 cm³/mol. The lowest BCUT2D eigenvalue weighted by Crippen LogP contribution is -2.26. The molecule has 1 atom stereocenters. The Bertz CT molecular complexity index is 1030. The Morgan fingerprint density at radius 2 is 1.89 bits per heavy atom. The summed E-state index contributed by atoms with van der Waals surface area (Å²) in [5.74, 6) is 0.294. The average molecular weight is 393 g/mol. The molecule has 0 fully saturated rings. The van der Waals surface area contributed by atoms with Crippen molar-refractivity contribution in [2.45, 2.75) is 39.9 Å². The van der Waals surface area contributed by atoms with Crippen LogP contribution in [0.5, 0.6) is 0 Å². The maximum atomic E-state index is 12.9. The molecule has 2 aromatic heterocycles. The van der Waals surface area contributed by atoms with Crippen LogP contribution in [0.2, 0.25) is 0 Å². The number of halogens is 3. The molecule has 0 saturated carbocycles. The summed E-state index contributed by atoms with van der Waals surface area (Å²) < 4.78 is 38.7. The van der Waals surface area contributed by atoms with Crippen molar-refractivity contribution in [1.29, 1.82) is 0 Å². The second kappa shape index (κ2) is 6.92. The van der Waals surface area contributed by atoms with Crippen molar-refractivity contribution in [1.82, 2.24) is 15.3 Å². The highest BCUT2D eigenvalue weighted by Crippen LogP contribution is 2.33. The Hall–Kier alpha value is -2.48. The van der Waals surface area contributed by atoms with E-state index in [9.17, 15) is 18.0 Å². The molecule has 0 aliphatic carbocycles. The van der Waals surface area contributed by atoms with E-state index in [0.29, 0.717) is 16.3 Å². The number of amides is 1. The molecule has 0 bridgehead atoms. The second-order valence-electron chi connectivity index (χ2n) is 6.41. The van der Waals surface area contributed by atoms with Crippen LogP contribution in [0.25, 0.3) is 10.2 Å². The lowest BCUT2D eigenvalue weighted by molar-refractivity contribution is -0.137. The SMILES string of the molecule is Cc1nc(C)c2c(C)c(C(=O)NC(C)c3cccc(C(F)(F)F)c3)sc2n1. The Balaban J connectivity index is 1.89. The van der Waals surface area contributed by atoms with Gasteiger partial charge in [0, 0.05) is 11.1 Å². The number of fused-ring (bicyclic) bond motifs is 1. The van der Waals surface area contributed by atoms with E-state index in [1.165, 1.54) is 17.4 Å². The Kier molecular flexibility index (Phi) is 4.94. The van der Waals surface area contributed by atoms with Crippen molar-refractivity contribution >= 4 is 27.5 Å². The van der Waals surface area contributed by atoms with E-state index in [4.69, 9.17) is 0 Å². The van der Waals surface area contributed by atoms with Crippen LogP contribution in [0.4, 0.5) is 13.2 Å². The van der Waals surface area contributed by atoms with Crippen molar-refractivity contribution in [3.8, 4) is 0 Å². The van der Waals surface area contributed by atoms with Crippen LogP contribution in [0.3, 0.4) is 0 Å². The van der Waals surface area contributed by atoms with Gasteiger partial charge in [-0.25, -0.2) is 9.97 Å². The van der Waals surface area contributed by atoms with Crippen molar-refractivity contribution in [2.24, 2.45) is 0 Å². The number of nitrogens with zero attached hydrogens (tertiary/aromatic N) is 2. The first-order valence-electron chi connectivity index (χ1n) is 8.30. The van der Waals surface area contributed by atoms with Gasteiger partial charge in [-0.15, -0.1) is 11.3 Å². The smallest absolute Gasteiger partial charge is 0.345 e.